The fourth-order valence-electron chi connectivity index (χ4n) is 2.85. The molecular formula is C17H21N5O2S2. The Balaban J connectivity index is 1.49. The van der Waals surface area contributed by atoms with Gasteiger partial charge in [-0.15, -0.1) is 10.2 Å². The molecular weight excluding hydrogens is 370 g/mol. The maximum Gasteiger partial charge on any atom is 0.240 e. The van der Waals surface area contributed by atoms with Crippen LogP contribution in [0, 0.1) is 0 Å². The van der Waals surface area contributed by atoms with E-state index >= 15 is 0 Å². The lowest BCUT2D eigenvalue weighted by Crippen LogP contribution is -2.51. The van der Waals surface area contributed by atoms with Crippen LogP contribution in [0.25, 0.3) is 0 Å². The van der Waals surface area contributed by atoms with E-state index in [1.54, 1.807) is 4.90 Å². The molecule has 3 rings (SSSR count). The lowest BCUT2D eigenvalue weighted by Gasteiger charge is -2.33. The molecule has 7 nitrogen and oxygen atoms in total. The third-order valence-electron chi connectivity index (χ3n) is 4.16. The summed E-state index contributed by atoms with van der Waals surface area (Å²) in [5.41, 5.74) is 6.58. The van der Waals surface area contributed by atoms with Crippen molar-refractivity contribution < 1.29 is 9.59 Å². The van der Waals surface area contributed by atoms with Gasteiger partial charge in [0.15, 0.2) is 4.34 Å². The minimum atomic E-state index is -0.477. The van der Waals surface area contributed by atoms with Crippen molar-refractivity contribution in [3.63, 3.8) is 0 Å². The Labute approximate surface area is 160 Å². The highest BCUT2D eigenvalue weighted by Gasteiger charge is 2.30. The molecule has 3 N–H and O–H groups in total. The minimum Gasteiger partial charge on any atom is -0.368 e. The fourth-order valence-corrected chi connectivity index (χ4v) is 4.48. The van der Waals surface area contributed by atoms with Crippen molar-refractivity contribution in [1.82, 2.24) is 15.1 Å². The van der Waals surface area contributed by atoms with Gasteiger partial charge >= 0.3 is 0 Å². The molecule has 0 aliphatic carbocycles. The number of nitrogens with two attached hydrogens (primary N) is 1. The Kier molecular flexibility index (Phi) is 6.45. The number of aromatic nitrogens is 2. The quantitative estimate of drug-likeness (QED) is 0.701. The van der Waals surface area contributed by atoms with Crippen LogP contribution in [0.4, 0.5) is 5.13 Å². The Hall–Kier alpha value is -2.13. The summed E-state index contributed by atoms with van der Waals surface area (Å²) < 4.78 is 0.724. The molecule has 1 atom stereocenters. The van der Waals surface area contributed by atoms with Gasteiger partial charge < -0.3 is 16.0 Å². The molecule has 0 bridgehead atoms. The SMILES string of the molecule is NC(=O)[C@@H]1CCCCN1C(=O)CSc1nnc(NCc2ccccc2)s1. The fraction of sp³-hybridized carbons (Fsp3) is 0.412. The molecule has 9 heteroatoms. The summed E-state index contributed by atoms with van der Waals surface area (Å²) in [4.78, 5) is 25.6. The van der Waals surface area contributed by atoms with Gasteiger partial charge in [-0.05, 0) is 24.8 Å². The van der Waals surface area contributed by atoms with Gasteiger partial charge in [0.2, 0.25) is 16.9 Å². The number of carbonyl (C=O) groups excluding carboxylic acids is 2. The Morgan fingerprint density at radius 3 is 2.85 bits per heavy atom. The average molecular weight is 392 g/mol. The van der Waals surface area contributed by atoms with Crippen LogP contribution in [0.15, 0.2) is 34.7 Å². The number of hydrogen-bond donors (Lipinski definition) is 2. The van der Waals surface area contributed by atoms with Crippen LogP contribution in [0.2, 0.25) is 0 Å². The molecule has 0 radical (unpaired) electrons. The van der Waals surface area contributed by atoms with Gasteiger partial charge in [-0.2, -0.15) is 0 Å². The number of thioether (sulfide) groups is 1. The summed E-state index contributed by atoms with van der Waals surface area (Å²) in [5, 5.41) is 12.2. The summed E-state index contributed by atoms with van der Waals surface area (Å²) in [6, 6.07) is 9.56. The standard InChI is InChI=1S/C17H21N5O2S2/c18-15(24)13-8-4-5-9-22(13)14(23)11-25-17-21-20-16(26-17)19-10-12-6-2-1-3-7-12/h1-3,6-7,13H,4-5,8-11H2,(H2,18,24)(H,19,20)/t13-/m0/s1. The van der Waals surface area contributed by atoms with Gasteiger partial charge in [0, 0.05) is 13.1 Å². The highest BCUT2D eigenvalue weighted by Crippen LogP contribution is 2.27. The average Bonchev–Trinajstić information content (AvgIpc) is 3.13. The number of carbonyl (C=O) groups is 2. The van der Waals surface area contributed by atoms with Crippen molar-refractivity contribution in [2.45, 2.75) is 36.2 Å². The second-order valence-corrected chi connectivity index (χ2v) is 8.20. The Morgan fingerprint density at radius 2 is 2.08 bits per heavy atom. The molecule has 1 aliphatic heterocycles. The van der Waals surface area contributed by atoms with E-state index in [4.69, 9.17) is 5.73 Å². The van der Waals surface area contributed by atoms with Crippen LogP contribution in [0.5, 0.6) is 0 Å². The van der Waals surface area contributed by atoms with Crippen LogP contribution in [0.1, 0.15) is 24.8 Å². The lowest BCUT2D eigenvalue weighted by atomic mass is 10.0. The number of primary amides is 1. The van der Waals surface area contributed by atoms with Gasteiger partial charge in [-0.25, -0.2) is 0 Å². The second-order valence-electron chi connectivity index (χ2n) is 6.00. The smallest absolute Gasteiger partial charge is 0.240 e. The van der Waals surface area contributed by atoms with E-state index in [1.165, 1.54) is 23.1 Å². The van der Waals surface area contributed by atoms with Crippen molar-refractivity contribution >= 4 is 40.0 Å². The summed E-state index contributed by atoms with van der Waals surface area (Å²) in [5.74, 6) is -0.268. The van der Waals surface area contributed by atoms with Crippen LogP contribution in [0.3, 0.4) is 0 Å². The maximum atomic E-state index is 12.4. The summed E-state index contributed by atoms with van der Waals surface area (Å²) in [6.45, 7) is 1.26. The van der Waals surface area contributed by atoms with Crippen LogP contribution >= 0.6 is 23.1 Å². The predicted molar refractivity (Wildman–Crippen MR) is 103 cm³/mol. The third-order valence-corrected chi connectivity index (χ3v) is 6.16. The number of nitrogens with one attached hydrogen (secondary N) is 1. The summed E-state index contributed by atoms with van der Waals surface area (Å²) >= 11 is 2.76. The van der Waals surface area contributed by atoms with E-state index in [-0.39, 0.29) is 11.7 Å². The van der Waals surface area contributed by atoms with Gasteiger partial charge in [0.1, 0.15) is 6.04 Å². The Bertz CT molecular complexity index is 753. The van der Waals surface area contributed by atoms with E-state index in [0.717, 1.165) is 27.9 Å². The number of amides is 2. The van der Waals surface area contributed by atoms with Gasteiger partial charge in [0.05, 0.1) is 5.75 Å². The van der Waals surface area contributed by atoms with E-state index in [0.29, 0.717) is 19.5 Å². The number of anilines is 1. The zero-order chi connectivity index (χ0) is 18.4. The van der Waals surface area contributed by atoms with E-state index < -0.39 is 11.9 Å². The van der Waals surface area contributed by atoms with Crippen molar-refractivity contribution in [3.8, 4) is 0 Å². The van der Waals surface area contributed by atoms with Gasteiger partial charge in [-0.3, -0.25) is 9.59 Å². The van der Waals surface area contributed by atoms with Crippen molar-refractivity contribution in [3.05, 3.63) is 35.9 Å². The molecule has 138 valence electrons. The highest BCUT2D eigenvalue weighted by molar-refractivity contribution is 8.01. The first-order chi connectivity index (χ1) is 12.6. The normalized spacial score (nSPS) is 17.1. The second kappa shape index (κ2) is 9.00. The van der Waals surface area contributed by atoms with E-state index in [2.05, 4.69) is 15.5 Å². The molecule has 2 heterocycles. The van der Waals surface area contributed by atoms with E-state index in [9.17, 15) is 9.59 Å². The molecule has 1 aliphatic rings. The largest absolute Gasteiger partial charge is 0.368 e. The molecule has 1 aromatic heterocycles. The number of benzene rings is 1. The minimum absolute atomic E-state index is 0.0764. The first-order valence-electron chi connectivity index (χ1n) is 8.46. The first-order valence-corrected chi connectivity index (χ1v) is 10.3. The number of likely N-dealkylation sites (tertiary alicyclic amines) is 1. The third kappa shape index (κ3) is 4.95. The monoisotopic (exact) mass is 391 g/mol. The van der Waals surface area contributed by atoms with Crippen LogP contribution < -0.4 is 11.1 Å². The molecule has 2 amide bonds. The molecule has 1 fully saturated rings. The highest BCUT2D eigenvalue weighted by atomic mass is 32.2. The topological polar surface area (TPSA) is 101 Å². The number of rotatable bonds is 7. The molecule has 0 spiro atoms. The van der Waals surface area contributed by atoms with Crippen LogP contribution in [-0.4, -0.2) is 45.3 Å². The van der Waals surface area contributed by atoms with Crippen LogP contribution in [-0.2, 0) is 16.1 Å². The molecule has 0 unspecified atom stereocenters. The maximum absolute atomic E-state index is 12.4. The van der Waals surface area contributed by atoms with Crippen molar-refractivity contribution in [1.29, 1.82) is 0 Å². The molecule has 0 saturated carbocycles. The lowest BCUT2D eigenvalue weighted by molar-refractivity contribution is -0.138. The Morgan fingerprint density at radius 1 is 1.27 bits per heavy atom. The van der Waals surface area contributed by atoms with Gasteiger partial charge in [-0.1, -0.05) is 53.4 Å². The molecule has 1 aromatic carbocycles. The van der Waals surface area contributed by atoms with Crippen molar-refractivity contribution in [2.24, 2.45) is 5.73 Å². The van der Waals surface area contributed by atoms with Gasteiger partial charge in [0.25, 0.3) is 0 Å². The number of nitrogens with zero attached hydrogens (tertiary/aromatic N) is 3. The zero-order valence-corrected chi connectivity index (χ0v) is 15.9. The summed E-state index contributed by atoms with van der Waals surface area (Å²) in [7, 11) is 0. The number of hydrogen-bond acceptors (Lipinski definition) is 7. The summed E-state index contributed by atoms with van der Waals surface area (Å²) in [6.07, 6.45) is 2.49. The van der Waals surface area contributed by atoms with Crippen molar-refractivity contribution in [2.75, 3.05) is 17.6 Å². The molecule has 2 aromatic rings. The molecule has 1 saturated heterocycles. The molecule has 26 heavy (non-hydrogen) atoms. The predicted octanol–water partition coefficient (Wildman–Crippen LogP) is 2.11. The number of piperidine rings is 1. The zero-order valence-electron chi connectivity index (χ0n) is 14.3. The first kappa shape index (κ1) is 18.7. The van der Waals surface area contributed by atoms with E-state index in [1.807, 2.05) is 30.3 Å².